The van der Waals surface area contributed by atoms with Crippen LogP contribution in [0.25, 0.3) is 0 Å². The van der Waals surface area contributed by atoms with Crippen molar-refractivity contribution >= 4 is 11.9 Å². The van der Waals surface area contributed by atoms with Crippen LogP contribution in [0.2, 0.25) is 0 Å². The van der Waals surface area contributed by atoms with Gasteiger partial charge in [-0.2, -0.15) is 0 Å². The van der Waals surface area contributed by atoms with Gasteiger partial charge in [0.1, 0.15) is 17.2 Å². The Morgan fingerprint density at radius 3 is 2.54 bits per heavy atom. The molecule has 0 bridgehead atoms. The van der Waals surface area contributed by atoms with Crippen LogP contribution in [-0.4, -0.2) is 44.4 Å². The summed E-state index contributed by atoms with van der Waals surface area (Å²) in [4.78, 5) is 22.8. The molecule has 0 saturated heterocycles. The number of carbonyl (C=O) groups is 2. The Kier molecular flexibility index (Phi) is 6.84. The van der Waals surface area contributed by atoms with E-state index in [9.17, 15) is 9.59 Å². The zero-order valence-electron chi connectivity index (χ0n) is 14.7. The molecule has 7 nitrogen and oxygen atoms in total. The van der Waals surface area contributed by atoms with Crippen LogP contribution in [0.5, 0.6) is 17.2 Å². The van der Waals surface area contributed by atoms with Crippen molar-refractivity contribution in [3.63, 3.8) is 0 Å². The second kappa shape index (κ2) is 9.31. The second-order valence-electron chi connectivity index (χ2n) is 5.39. The summed E-state index contributed by atoms with van der Waals surface area (Å²) in [5.41, 5.74) is 1.35. The Labute approximate surface area is 151 Å². The number of carbonyl (C=O) groups excluding carboxylic acids is 1. The van der Waals surface area contributed by atoms with Crippen molar-refractivity contribution in [2.45, 2.75) is 6.42 Å². The van der Waals surface area contributed by atoms with Crippen molar-refractivity contribution in [1.29, 1.82) is 0 Å². The maximum Gasteiger partial charge on any atom is 0.341 e. The van der Waals surface area contributed by atoms with Gasteiger partial charge in [0.25, 0.3) is 5.91 Å². The summed E-state index contributed by atoms with van der Waals surface area (Å²) in [7, 11) is 3.17. The molecule has 0 heterocycles. The van der Waals surface area contributed by atoms with Crippen LogP contribution < -0.4 is 19.5 Å². The van der Waals surface area contributed by atoms with E-state index < -0.39 is 12.6 Å². The fraction of sp³-hybridized carbons (Fsp3) is 0.263. The van der Waals surface area contributed by atoms with Crippen LogP contribution in [0.3, 0.4) is 0 Å². The topological polar surface area (TPSA) is 94.1 Å². The molecule has 0 unspecified atom stereocenters. The molecule has 0 saturated carbocycles. The molecule has 2 aromatic rings. The van der Waals surface area contributed by atoms with Crippen LogP contribution in [0.4, 0.5) is 0 Å². The summed E-state index contributed by atoms with van der Waals surface area (Å²) >= 11 is 0. The number of aliphatic carboxylic acids is 1. The summed E-state index contributed by atoms with van der Waals surface area (Å²) in [6.07, 6.45) is 0.591. The van der Waals surface area contributed by atoms with Gasteiger partial charge in [-0.25, -0.2) is 4.79 Å². The molecule has 0 aromatic heterocycles. The minimum absolute atomic E-state index is 0.266. The zero-order valence-corrected chi connectivity index (χ0v) is 14.7. The molecule has 0 spiro atoms. The fourth-order valence-electron chi connectivity index (χ4n) is 2.34. The van der Waals surface area contributed by atoms with Gasteiger partial charge >= 0.3 is 5.97 Å². The van der Waals surface area contributed by atoms with Crippen LogP contribution in [-0.2, 0) is 11.2 Å². The third kappa shape index (κ3) is 5.41. The van der Waals surface area contributed by atoms with E-state index in [1.54, 1.807) is 38.5 Å². The number of methoxy groups -OCH3 is 2. The summed E-state index contributed by atoms with van der Waals surface area (Å²) in [5, 5.41) is 11.5. The predicted octanol–water partition coefficient (Wildman–Crippen LogP) is 2.14. The molecule has 2 aromatic carbocycles. The highest BCUT2D eigenvalue weighted by atomic mass is 16.5. The van der Waals surface area contributed by atoms with Crippen molar-refractivity contribution in [3.05, 3.63) is 53.6 Å². The first-order chi connectivity index (χ1) is 12.5. The van der Waals surface area contributed by atoms with Crippen molar-refractivity contribution < 1.29 is 28.9 Å². The molecule has 2 N–H and O–H groups in total. The summed E-state index contributed by atoms with van der Waals surface area (Å²) in [5.74, 6) is 0.388. The van der Waals surface area contributed by atoms with Gasteiger partial charge in [-0.1, -0.05) is 12.1 Å². The molecular formula is C19H21NO6. The van der Waals surface area contributed by atoms with Gasteiger partial charge in [0.2, 0.25) is 0 Å². The SMILES string of the molecule is COc1ccc(CCNC(=O)c2cccc(OCC(=O)O)c2)c(OC)c1. The summed E-state index contributed by atoms with van der Waals surface area (Å²) in [6, 6.07) is 11.9. The van der Waals surface area contributed by atoms with E-state index in [0.29, 0.717) is 35.8 Å². The number of rotatable bonds is 9. The van der Waals surface area contributed by atoms with E-state index in [1.165, 1.54) is 6.07 Å². The van der Waals surface area contributed by atoms with E-state index in [1.807, 2.05) is 12.1 Å². The van der Waals surface area contributed by atoms with Gasteiger partial charge in [0, 0.05) is 18.2 Å². The molecule has 0 aliphatic carbocycles. The minimum Gasteiger partial charge on any atom is -0.497 e. The highest BCUT2D eigenvalue weighted by Crippen LogP contribution is 2.24. The van der Waals surface area contributed by atoms with Crippen LogP contribution >= 0.6 is 0 Å². The van der Waals surface area contributed by atoms with Gasteiger partial charge in [-0.3, -0.25) is 4.79 Å². The average molecular weight is 359 g/mol. The lowest BCUT2D eigenvalue weighted by Crippen LogP contribution is -2.25. The highest BCUT2D eigenvalue weighted by Gasteiger charge is 2.09. The second-order valence-corrected chi connectivity index (χ2v) is 5.39. The molecule has 0 radical (unpaired) electrons. The van der Waals surface area contributed by atoms with Crippen molar-refractivity contribution in [1.82, 2.24) is 5.32 Å². The first kappa shape index (κ1) is 19.1. The van der Waals surface area contributed by atoms with Gasteiger partial charge < -0.3 is 24.6 Å². The van der Waals surface area contributed by atoms with Gasteiger partial charge in [0.15, 0.2) is 6.61 Å². The Balaban J connectivity index is 1.93. The Hall–Kier alpha value is -3.22. The van der Waals surface area contributed by atoms with E-state index in [-0.39, 0.29) is 5.91 Å². The third-order valence-electron chi connectivity index (χ3n) is 3.63. The van der Waals surface area contributed by atoms with Gasteiger partial charge in [-0.15, -0.1) is 0 Å². The smallest absolute Gasteiger partial charge is 0.341 e. The van der Waals surface area contributed by atoms with Gasteiger partial charge in [0.05, 0.1) is 14.2 Å². The number of nitrogens with one attached hydrogen (secondary N) is 1. The molecule has 0 fully saturated rings. The number of carboxylic acids is 1. The largest absolute Gasteiger partial charge is 0.497 e. The number of carboxylic acid groups (broad SMARTS) is 1. The van der Waals surface area contributed by atoms with Crippen molar-refractivity contribution in [3.8, 4) is 17.2 Å². The van der Waals surface area contributed by atoms with Gasteiger partial charge in [-0.05, 0) is 36.2 Å². The Morgan fingerprint density at radius 2 is 1.85 bits per heavy atom. The van der Waals surface area contributed by atoms with Crippen LogP contribution in [0, 0.1) is 0 Å². The summed E-state index contributed by atoms with van der Waals surface area (Å²) in [6.45, 7) is -0.0376. The average Bonchev–Trinajstić information content (AvgIpc) is 2.66. The Bertz CT molecular complexity index is 774. The maximum absolute atomic E-state index is 12.2. The number of hydrogen-bond donors (Lipinski definition) is 2. The van der Waals surface area contributed by atoms with E-state index in [4.69, 9.17) is 19.3 Å². The highest BCUT2D eigenvalue weighted by molar-refractivity contribution is 5.94. The molecule has 0 aliphatic rings. The monoisotopic (exact) mass is 359 g/mol. The standard InChI is InChI=1S/C19H21NO6/c1-24-15-7-6-13(17(11-15)25-2)8-9-20-19(23)14-4-3-5-16(10-14)26-12-18(21)22/h3-7,10-11H,8-9,12H2,1-2H3,(H,20,23)(H,21,22). The maximum atomic E-state index is 12.2. The Morgan fingerprint density at radius 1 is 1.04 bits per heavy atom. The van der Waals surface area contributed by atoms with E-state index in [2.05, 4.69) is 5.32 Å². The lowest BCUT2D eigenvalue weighted by Gasteiger charge is -2.11. The number of benzene rings is 2. The predicted molar refractivity (Wildman–Crippen MR) is 95.2 cm³/mol. The fourth-order valence-corrected chi connectivity index (χ4v) is 2.34. The van der Waals surface area contributed by atoms with Crippen molar-refractivity contribution in [2.75, 3.05) is 27.4 Å². The molecule has 2 rings (SSSR count). The van der Waals surface area contributed by atoms with Crippen LogP contribution in [0.15, 0.2) is 42.5 Å². The number of amides is 1. The summed E-state index contributed by atoms with van der Waals surface area (Å²) < 4.78 is 15.6. The van der Waals surface area contributed by atoms with E-state index >= 15 is 0 Å². The normalized spacial score (nSPS) is 10.1. The first-order valence-electron chi connectivity index (χ1n) is 7.97. The third-order valence-corrected chi connectivity index (χ3v) is 3.63. The first-order valence-corrected chi connectivity index (χ1v) is 7.97. The number of ether oxygens (including phenoxy) is 3. The zero-order chi connectivity index (χ0) is 18.9. The van der Waals surface area contributed by atoms with Crippen LogP contribution in [0.1, 0.15) is 15.9 Å². The quantitative estimate of drug-likeness (QED) is 0.712. The molecule has 0 aliphatic heterocycles. The molecule has 7 heteroatoms. The molecule has 1 amide bonds. The lowest BCUT2D eigenvalue weighted by atomic mass is 10.1. The van der Waals surface area contributed by atoms with E-state index in [0.717, 1.165) is 5.56 Å². The minimum atomic E-state index is -1.08. The molecule has 0 atom stereocenters. The van der Waals surface area contributed by atoms with Crippen molar-refractivity contribution in [2.24, 2.45) is 0 Å². The number of hydrogen-bond acceptors (Lipinski definition) is 5. The molecule has 138 valence electrons. The molecule has 26 heavy (non-hydrogen) atoms. The molecular weight excluding hydrogens is 338 g/mol. The lowest BCUT2D eigenvalue weighted by molar-refractivity contribution is -0.139.